The molecule has 2 N–H and O–H groups in total. The number of amides is 2. The van der Waals surface area contributed by atoms with Gasteiger partial charge in [-0.2, -0.15) is 5.26 Å². The topological polar surface area (TPSA) is 94.9 Å². The first-order valence-corrected chi connectivity index (χ1v) is 8.21. The Morgan fingerprint density at radius 1 is 0.889 bits per heavy atom. The summed E-state index contributed by atoms with van der Waals surface area (Å²) in [7, 11) is 0. The molecule has 0 aliphatic heterocycles. The molecule has 27 heavy (non-hydrogen) atoms. The summed E-state index contributed by atoms with van der Waals surface area (Å²) in [6.07, 6.45) is 1.41. The molecule has 0 aliphatic carbocycles. The van der Waals surface area contributed by atoms with E-state index in [0.717, 1.165) is 5.56 Å². The summed E-state index contributed by atoms with van der Waals surface area (Å²) >= 11 is 0. The number of hydrogen-bond acceptors (Lipinski definition) is 4. The van der Waals surface area contributed by atoms with E-state index in [1.54, 1.807) is 30.3 Å². The van der Waals surface area contributed by atoms with Gasteiger partial charge in [0.05, 0.1) is 11.6 Å². The number of rotatable bonds is 4. The third kappa shape index (κ3) is 4.55. The number of nitrogens with one attached hydrogen (secondary N) is 2. The van der Waals surface area contributed by atoms with E-state index in [4.69, 9.17) is 5.26 Å². The van der Waals surface area contributed by atoms with Gasteiger partial charge in [-0.25, -0.2) is 0 Å². The van der Waals surface area contributed by atoms with E-state index in [2.05, 4.69) is 15.6 Å². The Morgan fingerprint density at radius 3 is 2.11 bits per heavy atom. The van der Waals surface area contributed by atoms with Crippen LogP contribution in [0, 0.1) is 18.3 Å². The summed E-state index contributed by atoms with van der Waals surface area (Å²) in [5.41, 5.74) is 3.26. The van der Waals surface area contributed by atoms with Crippen LogP contribution >= 0.6 is 0 Å². The highest BCUT2D eigenvalue weighted by atomic mass is 16.2. The molecular weight excluding hydrogens is 340 g/mol. The van der Waals surface area contributed by atoms with E-state index >= 15 is 0 Å². The number of pyridine rings is 1. The summed E-state index contributed by atoms with van der Waals surface area (Å²) in [5, 5.41) is 14.3. The molecule has 0 radical (unpaired) electrons. The van der Waals surface area contributed by atoms with Crippen molar-refractivity contribution in [3.05, 3.63) is 89.2 Å². The maximum absolute atomic E-state index is 12.4. The highest BCUT2D eigenvalue weighted by Gasteiger charge is 2.12. The van der Waals surface area contributed by atoms with E-state index in [-0.39, 0.29) is 11.6 Å². The Morgan fingerprint density at radius 2 is 1.48 bits per heavy atom. The molecule has 0 bridgehead atoms. The second kappa shape index (κ2) is 7.93. The van der Waals surface area contributed by atoms with Crippen LogP contribution < -0.4 is 10.6 Å². The molecule has 6 nitrogen and oxygen atoms in total. The number of hydrogen-bond donors (Lipinski definition) is 2. The first-order valence-electron chi connectivity index (χ1n) is 8.21. The smallest absolute Gasteiger partial charge is 0.274 e. The molecule has 2 amide bonds. The zero-order valence-electron chi connectivity index (χ0n) is 14.6. The number of nitriles is 1. The van der Waals surface area contributed by atoms with E-state index in [1.165, 1.54) is 12.3 Å². The van der Waals surface area contributed by atoms with Crippen molar-refractivity contribution < 1.29 is 9.59 Å². The minimum absolute atomic E-state index is 0.121. The Balaban J connectivity index is 1.71. The summed E-state index contributed by atoms with van der Waals surface area (Å²) in [6, 6.07) is 18.9. The summed E-state index contributed by atoms with van der Waals surface area (Å²) in [6.45, 7) is 1.97. The van der Waals surface area contributed by atoms with Gasteiger partial charge in [-0.05, 0) is 55.5 Å². The molecule has 0 fully saturated rings. The van der Waals surface area contributed by atoms with Crippen molar-refractivity contribution in [1.82, 2.24) is 4.98 Å². The molecule has 0 aliphatic rings. The van der Waals surface area contributed by atoms with Crippen LogP contribution in [0.5, 0.6) is 0 Å². The van der Waals surface area contributed by atoms with Crippen LogP contribution in [0.1, 0.15) is 32.0 Å². The molecule has 0 saturated heterocycles. The number of carbonyl (C=O) groups is 2. The average molecular weight is 356 g/mol. The van der Waals surface area contributed by atoms with Crippen molar-refractivity contribution in [1.29, 1.82) is 5.26 Å². The molecule has 1 heterocycles. The summed E-state index contributed by atoms with van der Waals surface area (Å²) in [4.78, 5) is 28.8. The van der Waals surface area contributed by atoms with E-state index in [0.29, 0.717) is 22.5 Å². The van der Waals surface area contributed by atoms with Crippen LogP contribution in [0.4, 0.5) is 11.4 Å². The minimum Gasteiger partial charge on any atom is -0.322 e. The van der Waals surface area contributed by atoms with Gasteiger partial charge in [0.1, 0.15) is 5.69 Å². The van der Waals surface area contributed by atoms with Crippen molar-refractivity contribution in [2.45, 2.75) is 6.92 Å². The molecule has 0 spiro atoms. The Kier molecular flexibility index (Phi) is 5.24. The van der Waals surface area contributed by atoms with Crippen molar-refractivity contribution in [3.8, 4) is 6.07 Å². The predicted octanol–water partition coefficient (Wildman–Crippen LogP) is 3.77. The van der Waals surface area contributed by atoms with E-state index < -0.39 is 5.91 Å². The SMILES string of the molecule is Cc1ccc(NC(=O)c2ccnc(C(=O)Nc3ccc(C#N)cc3)c2)cc1. The largest absolute Gasteiger partial charge is 0.322 e. The van der Waals surface area contributed by atoms with E-state index in [1.807, 2.05) is 37.3 Å². The third-order valence-corrected chi connectivity index (χ3v) is 3.84. The predicted molar refractivity (Wildman–Crippen MR) is 102 cm³/mol. The number of carbonyl (C=O) groups excluding carboxylic acids is 2. The Labute approximate surface area is 156 Å². The second-order valence-corrected chi connectivity index (χ2v) is 5.89. The molecule has 3 aromatic rings. The summed E-state index contributed by atoms with van der Waals surface area (Å²) < 4.78 is 0. The number of benzene rings is 2. The van der Waals surface area contributed by atoms with E-state index in [9.17, 15) is 9.59 Å². The monoisotopic (exact) mass is 356 g/mol. The molecule has 132 valence electrons. The summed E-state index contributed by atoms with van der Waals surface area (Å²) in [5.74, 6) is -0.765. The van der Waals surface area contributed by atoms with Gasteiger partial charge in [-0.3, -0.25) is 14.6 Å². The zero-order chi connectivity index (χ0) is 19.2. The number of aryl methyl sites for hydroxylation is 1. The van der Waals surface area contributed by atoms with Crippen molar-refractivity contribution in [3.63, 3.8) is 0 Å². The van der Waals surface area contributed by atoms with Gasteiger partial charge >= 0.3 is 0 Å². The van der Waals surface area contributed by atoms with Crippen LogP contribution in [0.2, 0.25) is 0 Å². The lowest BCUT2D eigenvalue weighted by Crippen LogP contribution is -2.17. The molecule has 6 heteroatoms. The van der Waals surface area contributed by atoms with Crippen molar-refractivity contribution >= 4 is 23.2 Å². The van der Waals surface area contributed by atoms with Crippen LogP contribution in [0.15, 0.2) is 66.9 Å². The highest BCUT2D eigenvalue weighted by molar-refractivity contribution is 6.07. The fraction of sp³-hybridized carbons (Fsp3) is 0.0476. The van der Waals surface area contributed by atoms with Crippen LogP contribution in [-0.2, 0) is 0 Å². The standard InChI is InChI=1S/C21H16N4O2/c1-14-2-6-17(7-3-14)24-20(26)16-10-11-23-19(12-16)21(27)25-18-8-4-15(13-22)5-9-18/h2-12H,1H3,(H,24,26)(H,25,27). The quantitative estimate of drug-likeness (QED) is 0.744. The Hall–Kier alpha value is -3.98. The molecule has 0 saturated carbocycles. The zero-order valence-corrected chi connectivity index (χ0v) is 14.6. The van der Waals surface area contributed by atoms with Crippen LogP contribution in [-0.4, -0.2) is 16.8 Å². The second-order valence-electron chi connectivity index (χ2n) is 5.89. The van der Waals surface area contributed by atoms with Crippen molar-refractivity contribution in [2.24, 2.45) is 0 Å². The van der Waals surface area contributed by atoms with Crippen LogP contribution in [0.3, 0.4) is 0 Å². The fourth-order valence-corrected chi connectivity index (χ4v) is 2.36. The van der Waals surface area contributed by atoms with Gasteiger partial charge in [0.2, 0.25) is 0 Å². The highest BCUT2D eigenvalue weighted by Crippen LogP contribution is 2.13. The first kappa shape index (κ1) is 17.8. The van der Waals surface area contributed by atoms with Gasteiger partial charge in [-0.1, -0.05) is 17.7 Å². The lowest BCUT2D eigenvalue weighted by molar-refractivity contribution is 0.102. The van der Waals surface area contributed by atoms with Gasteiger partial charge in [0.25, 0.3) is 11.8 Å². The molecule has 0 unspecified atom stereocenters. The maximum Gasteiger partial charge on any atom is 0.274 e. The Bertz CT molecular complexity index is 1020. The molecule has 3 rings (SSSR count). The van der Waals surface area contributed by atoms with Gasteiger partial charge in [-0.15, -0.1) is 0 Å². The number of anilines is 2. The number of nitrogens with zero attached hydrogens (tertiary/aromatic N) is 2. The lowest BCUT2D eigenvalue weighted by atomic mass is 10.2. The van der Waals surface area contributed by atoms with Gasteiger partial charge in [0.15, 0.2) is 0 Å². The molecular formula is C21H16N4O2. The lowest BCUT2D eigenvalue weighted by Gasteiger charge is -2.08. The number of aromatic nitrogens is 1. The minimum atomic E-state index is -0.440. The van der Waals surface area contributed by atoms with Crippen molar-refractivity contribution in [2.75, 3.05) is 10.6 Å². The molecule has 0 atom stereocenters. The van der Waals surface area contributed by atoms with Gasteiger partial charge < -0.3 is 10.6 Å². The van der Waals surface area contributed by atoms with Gasteiger partial charge in [0, 0.05) is 23.1 Å². The molecule has 1 aromatic heterocycles. The third-order valence-electron chi connectivity index (χ3n) is 3.84. The average Bonchev–Trinajstić information content (AvgIpc) is 2.70. The van der Waals surface area contributed by atoms with Crippen LogP contribution in [0.25, 0.3) is 0 Å². The fourth-order valence-electron chi connectivity index (χ4n) is 2.36. The first-order chi connectivity index (χ1) is 13.0. The molecule has 2 aromatic carbocycles. The normalized spacial score (nSPS) is 9.93. The maximum atomic E-state index is 12.4.